The van der Waals surface area contributed by atoms with E-state index >= 15 is 0 Å². The van der Waals surface area contributed by atoms with Crippen LogP contribution in [0.4, 0.5) is 5.69 Å². The van der Waals surface area contributed by atoms with Crippen LogP contribution in [0.15, 0.2) is 36.4 Å². The Labute approximate surface area is 148 Å². The van der Waals surface area contributed by atoms with Gasteiger partial charge in [0.05, 0.1) is 12.3 Å². The number of amides is 1. The fourth-order valence-corrected chi connectivity index (χ4v) is 2.54. The summed E-state index contributed by atoms with van der Waals surface area (Å²) in [4.78, 5) is 11.8. The number of rotatable bonds is 7. The fraction of sp³-hybridized carbons (Fsp3) is 0.350. The van der Waals surface area contributed by atoms with Gasteiger partial charge in [0.1, 0.15) is 18.1 Å². The molecule has 0 aliphatic rings. The van der Waals surface area contributed by atoms with Crippen molar-refractivity contribution in [3.05, 3.63) is 53.1 Å². The Morgan fingerprint density at radius 1 is 1.08 bits per heavy atom. The Bertz CT molecular complexity index is 742. The smallest absolute Gasteiger partial charge is 0.250 e. The van der Waals surface area contributed by atoms with Crippen molar-refractivity contribution in [2.24, 2.45) is 0 Å². The molecule has 0 saturated carbocycles. The van der Waals surface area contributed by atoms with Gasteiger partial charge in [0.25, 0.3) is 0 Å². The third kappa shape index (κ3) is 4.73. The van der Waals surface area contributed by atoms with E-state index in [1.165, 1.54) is 5.56 Å². The van der Waals surface area contributed by atoms with Gasteiger partial charge in [-0.05, 0) is 50.6 Å². The van der Waals surface area contributed by atoms with Crippen LogP contribution >= 0.6 is 0 Å². The molecule has 0 aliphatic carbocycles. The molecule has 0 atom stereocenters. The monoisotopic (exact) mass is 343 g/mol. The quantitative estimate of drug-likeness (QED) is 0.597. The minimum Gasteiger partial charge on any atom is -0.494 e. The van der Waals surface area contributed by atoms with Gasteiger partial charge in [-0.1, -0.05) is 24.6 Å². The number of hydrogen-bond acceptors (Lipinski definition) is 4. The lowest BCUT2D eigenvalue weighted by molar-refractivity contribution is -0.123. The molecule has 0 unspecified atom stereocenters. The number of benzene rings is 2. The highest BCUT2D eigenvalue weighted by molar-refractivity contribution is 5.91. The molecule has 0 aliphatic heterocycles. The first-order valence-corrected chi connectivity index (χ1v) is 8.43. The summed E-state index contributed by atoms with van der Waals surface area (Å²) in [5, 5.41) is 10.8. The normalized spacial score (nSPS) is 10.4. The van der Waals surface area contributed by atoms with Gasteiger partial charge in [0, 0.05) is 12.0 Å². The molecule has 0 radical (unpaired) electrons. The lowest BCUT2D eigenvalue weighted by atomic mass is 10.1. The van der Waals surface area contributed by atoms with Crippen LogP contribution in [0.5, 0.6) is 11.5 Å². The average molecular weight is 343 g/mol. The third-order valence-corrected chi connectivity index (χ3v) is 3.84. The molecule has 0 heterocycles. The second-order valence-electron chi connectivity index (χ2n) is 5.84. The van der Waals surface area contributed by atoms with Crippen LogP contribution < -0.4 is 14.5 Å². The molecule has 2 aromatic rings. The largest absolute Gasteiger partial charge is 0.494 e. The highest BCUT2D eigenvalue weighted by Gasteiger charge is 2.17. The third-order valence-electron chi connectivity index (χ3n) is 3.84. The average Bonchev–Trinajstić information content (AvgIpc) is 2.60. The van der Waals surface area contributed by atoms with Gasteiger partial charge in [-0.15, -0.1) is 0 Å². The van der Waals surface area contributed by atoms with E-state index in [2.05, 4.69) is 0 Å². The minimum absolute atomic E-state index is 0.209. The first-order chi connectivity index (χ1) is 12.0. The van der Waals surface area contributed by atoms with Crippen molar-refractivity contribution in [3.63, 3.8) is 0 Å². The van der Waals surface area contributed by atoms with Crippen LogP contribution in [-0.4, -0.2) is 17.7 Å². The molecule has 0 saturated heterocycles. The molecule has 2 rings (SSSR count). The molecule has 0 aromatic heterocycles. The lowest BCUT2D eigenvalue weighted by Gasteiger charge is -2.20. The number of carbonyl (C=O) groups is 1. The number of nitrogens with zero attached hydrogens (tertiary/aromatic N) is 1. The maximum Gasteiger partial charge on any atom is 0.250 e. The topological polar surface area (TPSA) is 59.0 Å². The van der Waals surface area contributed by atoms with Crippen LogP contribution in [0.1, 0.15) is 37.0 Å². The summed E-state index contributed by atoms with van der Waals surface area (Å²) in [6.07, 6.45) is 0.209. The van der Waals surface area contributed by atoms with Crippen LogP contribution in [0.3, 0.4) is 0 Å². The molecular weight excluding hydrogens is 318 g/mol. The van der Waals surface area contributed by atoms with Crippen molar-refractivity contribution < 1.29 is 19.5 Å². The standard InChI is InChI=1S/C20H25NO4/c1-5-20(22)21(23)18-9-8-17(24-6-2)12-16(18)13-25-19-10-7-14(3)11-15(19)4/h7-12,23H,5-6,13H2,1-4H3. The van der Waals surface area contributed by atoms with Crippen molar-refractivity contribution >= 4 is 11.6 Å². The maximum atomic E-state index is 11.8. The SMILES string of the molecule is CCOc1ccc(N(O)C(=O)CC)c(COc2ccc(C)cc2C)c1. The minimum atomic E-state index is -0.378. The van der Waals surface area contributed by atoms with E-state index in [1.807, 2.05) is 39.0 Å². The predicted octanol–water partition coefficient (Wildman–Crippen LogP) is 4.41. The molecular formula is C20H25NO4. The second kappa shape index (κ2) is 8.53. The van der Waals surface area contributed by atoms with E-state index in [9.17, 15) is 10.0 Å². The van der Waals surface area contributed by atoms with E-state index < -0.39 is 0 Å². The molecule has 0 spiro atoms. The van der Waals surface area contributed by atoms with Crippen LogP contribution in [-0.2, 0) is 11.4 Å². The number of anilines is 1. The molecule has 25 heavy (non-hydrogen) atoms. The van der Waals surface area contributed by atoms with E-state index in [0.717, 1.165) is 11.3 Å². The molecule has 2 aromatic carbocycles. The first-order valence-electron chi connectivity index (χ1n) is 8.43. The van der Waals surface area contributed by atoms with E-state index in [-0.39, 0.29) is 18.9 Å². The van der Waals surface area contributed by atoms with E-state index in [4.69, 9.17) is 9.47 Å². The number of ether oxygens (including phenoxy) is 2. The summed E-state index contributed by atoms with van der Waals surface area (Å²) in [6.45, 7) is 8.37. The van der Waals surface area contributed by atoms with Crippen molar-refractivity contribution in [1.82, 2.24) is 0 Å². The number of carbonyl (C=O) groups excluding carboxylic acids is 1. The Morgan fingerprint density at radius 3 is 2.48 bits per heavy atom. The molecule has 0 fully saturated rings. The van der Waals surface area contributed by atoms with Gasteiger partial charge in [-0.3, -0.25) is 10.0 Å². The van der Waals surface area contributed by atoms with Crippen molar-refractivity contribution in [2.75, 3.05) is 11.7 Å². The summed E-state index contributed by atoms with van der Waals surface area (Å²) in [6, 6.07) is 11.1. The van der Waals surface area contributed by atoms with Gasteiger partial charge in [0.15, 0.2) is 0 Å². The van der Waals surface area contributed by atoms with Crippen LogP contribution in [0.2, 0.25) is 0 Å². The Morgan fingerprint density at radius 2 is 1.84 bits per heavy atom. The summed E-state index contributed by atoms with van der Waals surface area (Å²) >= 11 is 0. The number of aryl methyl sites for hydroxylation is 2. The molecule has 5 nitrogen and oxygen atoms in total. The van der Waals surface area contributed by atoms with Crippen molar-refractivity contribution in [3.8, 4) is 11.5 Å². The molecule has 0 bridgehead atoms. The molecule has 5 heteroatoms. The fourth-order valence-electron chi connectivity index (χ4n) is 2.54. The zero-order valence-electron chi connectivity index (χ0n) is 15.2. The first kappa shape index (κ1) is 18.8. The van der Waals surface area contributed by atoms with E-state index in [1.54, 1.807) is 25.1 Å². The Balaban J connectivity index is 2.28. The van der Waals surface area contributed by atoms with Gasteiger partial charge < -0.3 is 9.47 Å². The summed E-state index contributed by atoms with van der Waals surface area (Å²) < 4.78 is 11.4. The van der Waals surface area contributed by atoms with Gasteiger partial charge in [0.2, 0.25) is 5.91 Å². The Hall–Kier alpha value is -2.53. The summed E-state index contributed by atoms with van der Waals surface area (Å²) in [7, 11) is 0. The van der Waals surface area contributed by atoms with Crippen LogP contribution in [0.25, 0.3) is 0 Å². The van der Waals surface area contributed by atoms with Gasteiger partial charge in [-0.25, -0.2) is 0 Å². The highest BCUT2D eigenvalue weighted by Crippen LogP contribution is 2.28. The number of hydrogen-bond donors (Lipinski definition) is 1. The van der Waals surface area contributed by atoms with Gasteiger partial charge >= 0.3 is 0 Å². The number of hydroxylamine groups is 1. The molecule has 1 N–H and O–H groups in total. The molecule has 1 amide bonds. The van der Waals surface area contributed by atoms with Gasteiger partial charge in [-0.2, -0.15) is 5.06 Å². The zero-order chi connectivity index (χ0) is 18.4. The highest BCUT2D eigenvalue weighted by atomic mass is 16.5. The summed E-state index contributed by atoms with van der Waals surface area (Å²) in [5.41, 5.74) is 3.28. The van der Waals surface area contributed by atoms with Crippen molar-refractivity contribution in [1.29, 1.82) is 0 Å². The summed E-state index contributed by atoms with van der Waals surface area (Å²) in [5.74, 6) is 1.06. The van der Waals surface area contributed by atoms with E-state index in [0.29, 0.717) is 28.7 Å². The van der Waals surface area contributed by atoms with Crippen molar-refractivity contribution in [2.45, 2.75) is 40.7 Å². The zero-order valence-corrected chi connectivity index (χ0v) is 15.2. The maximum absolute atomic E-state index is 11.8. The lowest BCUT2D eigenvalue weighted by Crippen LogP contribution is -2.27. The van der Waals surface area contributed by atoms with Crippen LogP contribution in [0, 0.1) is 13.8 Å². The second-order valence-corrected chi connectivity index (χ2v) is 5.84. The molecule has 134 valence electrons. The Kier molecular flexibility index (Phi) is 6.42. The predicted molar refractivity (Wildman–Crippen MR) is 97.4 cm³/mol.